The number of fused-ring (bicyclic) bond motifs is 3. The van der Waals surface area contributed by atoms with Gasteiger partial charge in [-0.15, -0.1) is 0 Å². The van der Waals surface area contributed by atoms with Gasteiger partial charge >= 0.3 is 0 Å². The molecule has 3 nitrogen and oxygen atoms in total. The van der Waals surface area contributed by atoms with Crippen molar-refractivity contribution < 1.29 is 9.90 Å². The second-order valence-corrected chi connectivity index (χ2v) is 4.34. The third kappa shape index (κ3) is 1.60. The van der Waals surface area contributed by atoms with Crippen LogP contribution in [0.3, 0.4) is 0 Å². The van der Waals surface area contributed by atoms with E-state index >= 15 is 0 Å². The van der Waals surface area contributed by atoms with Crippen molar-refractivity contribution in [2.24, 2.45) is 0 Å². The van der Waals surface area contributed by atoms with Gasteiger partial charge in [-0.05, 0) is 22.8 Å². The molecule has 0 spiro atoms. The van der Waals surface area contributed by atoms with Gasteiger partial charge in [0.25, 0.3) is 5.91 Å². The summed E-state index contributed by atoms with van der Waals surface area (Å²) in [5, 5.41) is 12.3. The fraction of sp³-hybridized carbons (Fsp3) is 0.133. The standard InChI is InChI=1S/C15H13NO2/c17-9-14-12-7-3-1-5-10(12)11-6-2-4-8-13(11)15(18)16-14/h1-8,14,17H,9H2,(H,16,18)/t14-/m0/s1. The smallest absolute Gasteiger partial charge is 0.252 e. The summed E-state index contributed by atoms with van der Waals surface area (Å²) >= 11 is 0. The zero-order valence-corrected chi connectivity index (χ0v) is 9.76. The first kappa shape index (κ1) is 11.0. The molecule has 0 aliphatic carbocycles. The summed E-state index contributed by atoms with van der Waals surface area (Å²) in [4.78, 5) is 12.1. The van der Waals surface area contributed by atoms with Crippen molar-refractivity contribution in [2.75, 3.05) is 6.61 Å². The highest BCUT2D eigenvalue weighted by atomic mass is 16.3. The van der Waals surface area contributed by atoms with E-state index in [9.17, 15) is 9.90 Å². The van der Waals surface area contributed by atoms with Crippen molar-refractivity contribution in [3.05, 3.63) is 59.7 Å². The summed E-state index contributed by atoms with van der Waals surface area (Å²) in [6.07, 6.45) is 0. The predicted molar refractivity (Wildman–Crippen MR) is 69.2 cm³/mol. The molecule has 0 radical (unpaired) electrons. The van der Waals surface area contributed by atoms with Crippen LogP contribution in [0, 0.1) is 0 Å². The van der Waals surface area contributed by atoms with Crippen molar-refractivity contribution >= 4 is 5.91 Å². The number of carbonyl (C=O) groups excluding carboxylic acids is 1. The van der Waals surface area contributed by atoms with Gasteiger partial charge < -0.3 is 10.4 Å². The number of aliphatic hydroxyl groups is 1. The SMILES string of the molecule is O=C1N[C@@H](CO)c2ccccc2-c2ccccc21. The normalized spacial score (nSPS) is 17.4. The highest BCUT2D eigenvalue weighted by Crippen LogP contribution is 2.33. The van der Waals surface area contributed by atoms with Gasteiger partial charge in [0.1, 0.15) is 0 Å². The minimum Gasteiger partial charge on any atom is -0.394 e. The molecule has 2 aromatic carbocycles. The number of benzene rings is 2. The second kappa shape index (κ2) is 4.27. The van der Waals surface area contributed by atoms with E-state index in [-0.39, 0.29) is 18.6 Å². The quantitative estimate of drug-likeness (QED) is 0.801. The van der Waals surface area contributed by atoms with Crippen LogP contribution in [0.4, 0.5) is 0 Å². The Kier molecular flexibility index (Phi) is 2.61. The molecule has 0 saturated heterocycles. The summed E-state index contributed by atoms with van der Waals surface area (Å²) in [6.45, 7) is -0.100. The Balaban J connectivity index is 2.30. The van der Waals surface area contributed by atoms with Crippen LogP contribution < -0.4 is 5.32 Å². The zero-order valence-electron chi connectivity index (χ0n) is 9.76. The highest BCUT2D eigenvalue weighted by molar-refractivity contribution is 6.02. The highest BCUT2D eigenvalue weighted by Gasteiger charge is 2.25. The maximum absolute atomic E-state index is 12.1. The molecule has 1 aliphatic rings. The molecular weight excluding hydrogens is 226 g/mol. The van der Waals surface area contributed by atoms with E-state index in [1.165, 1.54) is 0 Å². The molecule has 0 aromatic heterocycles. The van der Waals surface area contributed by atoms with Crippen molar-refractivity contribution in [1.82, 2.24) is 5.32 Å². The molecule has 1 atom stereocenters. The van der Waals surface area contributed by atoms with Crippen LogP contribution in [0.5, 0.6) is 0 Å². The molecule has 0 saturated carbocycles. The molecule has 1 aliphatic heterocycles. The zero-order chi connectivity index (χ0) is 12.5. The van der Waals surface area contributed by atoms with Gasteiger partial charge in [0.2, 0.25) is 0 Å². The minimum absolute atomic E-state index is 0.100. The third-order valence-corrected chi connectivity index (χ3v) is 3.29. The van der Waals surface area contributed by atoms with Crippen molar-refractivity contribution in [1.29, 1.82) is 0 Å². The van der Waals surface area contributed by atoms with Crippen LogP contribution in [0.1, 0.15) is 22.0 Å². The summed E-state index contributed by atoms with van der Waals surface area (Å²) in [5.41, 5.74) is 3.53. The fourth-order valence-corrected chi connectivity index (χ4v) is 2.42. The maximum Gasteiger partial charge on any atom is 0.252 e. The molecule has 0 bridgehead atoms. The van der Waals surface area contributed by atoms with E-state index in [1.807, 2.05) is 42.5 Å². The molecule has 2 N–H and O–H groups in total. The largest absolute Gasteiger partial charge is 0.394 e. The predicted octanol–water partition coefficient (Wildman–Crippen LogP) is 2.13. The Hall–Kier alpha value is -2.13. The summed E-state index contributed by atoms with van der Waals surface area (Å²) in [5.74, 6) is -0.138. The van der Waals surface area contributed by atoms with Gasteiger partial charge in [-0.3, -0.25) is 4.79 Å². The number of amides is 1. The van der Waals surface area contributed by atoms with E-state index in [0.29, 0.717) is 5.56 Å². The number of hydrogen-bond acceptors (Lipinski definition) is 2. The monoisotopic (exact) mass is 239 g/mol. The van der Waals surface area contributed by atoms with Gasteiger partial charge in [0, 0.05) is 5.56 Å². The lowest BCUT2D eigenvalue weighted by atomic mass is 9.94. The van der Waals surface area contributed by atoms with Crippen molar-refractivity contribution in [3.8, 4) is 11.1 Å². The van der Waals surface area contributed by atoms with Crippen molar-refractivity contribution in [3.63, 3.8) is 0 Å². The van der Waals surface area contributed by atoms with Crippen LogP contribution in [-0.2, 0) is 0 Å². The van der Waals surface area contributed by atoms with E-state index < -0.39 is 0 Å². The van der Waals surface area contributed by atoms with Crippen LogP contribution in [-0.4, -0.2) is 17.6 Å². The van der Waals surface area contributed by atoms with E-state index in [2.05, 4.69) is 5.32 Å². The Morgan fingerprint density at radius 3 is 2.28 bits per heavy atom. The van der Waals surface area contributed by atoms with Crippen LogP contribution in [0.15, 0.2) is 48.5 Å². The van der Waals surface area contributed by atoms with E-state index in [1.54, 1.807) is 6.07 Å². The topological polar surface area (TPSA) is 49.3 Å². The molecule has 3 heteroatoms. The first-order chi connectivity index (χ1) is 8.81. The summed E-state index contributed by atoms with van der Waals surface area (Å²) < 4.78 is 0. The molecule has 90 valence electrons. The lowest BCUT2D eigenvalue weighted by Crippen LogP contribution is -2.29. The van der Waals surface area contributed by atoms with E-state index in [4.69, 9.17) is 0 Å². The number of nitrogens with one attached hydrogen (secondary N) is 1. The Labute approximate surface area is 105 Å². The maximum atomic E-state index is 12.1. The third-order valence-electron chi connectivity index (χ3n) is 3.29. The second-order valence-electron chi connectivity index (χ2n) is 4.34. The first-order valence-electron chi connectivity index (χ1n) is 5.91. The Morgan fingerprint density at radius 2 is 1.56 bits per heavy atom. The molecule has 0 fully saturated rings. The Morgan fingerprint density at radius 1 is 0.944 bits per heavy atom. The summed E-state index contributed by atoms with van der Waals surface area (Å²) in [7, 11) is 0. The van der Waals surface area contributed by atoms with Gasteiger partial charge in [0.05, 0.1) is 12.6 Å². The van der Waals surface area contributed by atoms with Crippen LogP contribution in [0.25, 0.3) is 11.1 Å². The molecular formula is C15H13NO2. The van der Waals surface area contributed by atoms with Crippen molar-refractivity contribution in [2.45, 2.75) is 6.04 Å². The Bertz CT molecular complexity index is 607. The molecule has 18 heavy (non-hydrogen) atoms. The number of aliphatic hydroxyl groups excluding tert-OH is 1. The van der Waals surface area contributed by atoms with Gasteiger partial charge in [0.15, 0.2) is 0 Å². The number of carbonyl (C=O) groups is 1. The van der Waals surface area contributed by atoms with Gasteiger partial charge in [-0.25, -0.2) is 0 Å². The molecule has 2 aromatic rings. The van der Waals surface area contributed by atoms with E-state index in [0.717, 1.165) is 16.7 Å². The molecule has 3 rings (SSSR count). The minimum atomic E-state index is -0.346. The first-order valence-corrected chi connectivity index (χ1v) is 5.91. The van der Waals surface area contributed by atoms with Gasteiger partial charge in [-0.1, -0.05) is 42.5 Å². The van der Waals surface area contributed by atoms with Crippen LogP contribution in [0.2, 0.25) is 0 Å². The van der Waals surface area contributed by atoms with Gasteiger partial charge in [-0.2, -0.15) is 0 Å². The lowest BCUT2D eigenvalue weighted by molar-refractivity contribution is 0.0919. The number of hydrogen-bond donors (Lipinski definition) is 2. The molecule has 0 unspecified atom stereocenters. The fourth-order valence-electron chi connectivity index (χ4n) is 2.42. The number of rotatable bonds is 1. The average molecular weight is 239 g/mol. The summed E-state index contributed by atoms with van der Waals surface area (Å²) in [6, 6.07) is 15.0. The van der Waals surface area contributed by atoms with Crippen LogP contribution >= 0.6 is 0 Å². The average Bonchev–Trinajstić information content (AvgIpc) is 2.55. The molecule has 1 amide bonds. The lowest BCUT2D eigenvalue weighted by Gasteiger charge is -2.15. The molecule has 1 heterocycles.